The molecule has 204 valence electrons. The third kappa shape index (κ3) is 8.25. The molecule has 4 aromatic rings. The third-order valence-electron chi connectivity index (χ3n) is 6.07. The number of fused-ring (bicyclic) bond motifs is 1. The average molecular weight is 530 g/mol. The number of hydrogen-bond donors (Lipinski definition) is 4. The molecule has 39 heavy (non-hydrogen) atoms. The van der Waals surface area contributed by atoms with Crippen LogP contribution in [0.15, 0.2) is 85.1 Å². The number of aliphatic hydroxyl groups is 2. The molecule has 0 radical (unpaired) electrons. The van der Waals surface area contributed by atoms with E-state index in [-0.39, 0.29) is 31.2 Å². The molecule has 4 rings (SSSR count). The highest BCUT2D eigenvalue weighted by molar-refractivity contribution is 5.98. The van der Waals surface area contributed by atoms with Crippen LogP contribution in [0.4, 0.5) is 0 Å². The molecule has 1 amide bonds. The van der Waals surface area contributed by atoms with Gasteiger partial charge in [-0.2, -0.15) is 0 Å². The molecule has 0 fully saturated rings. The largest absolute Gasteiger partial charge is 0.491 e. The van der Waals surface area contributed by atoms with Crippen molar-refractivity contribution in [1.29, 1.82) is 0 Å². The average Bonchev–Trinajstić information content (AvgIpc) is 2.95. The molecule has 8 heteroatoms. The summed E-state index contributed by atoms with van der Waals surface area (Å²) in [4.78, 5) is 16.8. The van der Waals surface area contributed by atoms with Crippen LogP contribution in [0.5, 0.6) is 17.2 Å². The molecule has 0 spiro atoms. The van der Waals surface area contributed by atoms with Crippen molar-refractivity contribution >= 4 is 16.8 Å². The standard InChI is InChI=1S/C31H35N3O5/c1-21(2)34-31(37)23-10-13-28-29(17-23)32-15-14-30(28)39-27-11-8-22(9-12-27)16-24(19-35)33-18-25(36)20-38-26-6-4-3-5-7-26/h3-15,17,21,24-25,33,35-36H,16,18-20H2,1-2H3,(H,34,37)/t24-,25-/m0/s1. The Morgan fingerprint density at radius 3 is 2.46 bits per heavy atom. The van der Waals surface area contributed by atoms with E-state index in [0.29, 0.717) is 41.3 Å². The van der Waals surface area contributed by atoms with E-state index < -0.39 is 6.10 Å². The lowest BCUT2D eigenvalue weighted by Gasteiger charge is -2.19. The Kier molecular flexibility index (Phi) is 9.85. The van der Waals surface area contributed by atoms with Gasteiger partial charge in [-0.25, -0.2) is 0 Å². The number of aliphatic hydroxyl groups excluding tert-OH is 2. The van der Waals surface area contributed by atoms with Crippen LogP contribution in [0.2, 0.25) is 0 Å². The molecule has 1 heterocycles. The molecule has 0 aliphatic rings. The Bertz CT molecular complexity index is 1350. The molecule has 0 aliphatic carbocycles. The first-order valence-electron chi connectivity index (χ1n) is 13.1. The number of para-hydroxylation sites is 1. The highest BCUT2D eigenvalue weighted by Gasteiger charge is 2.13. The quantitative estimate of drug-likeness (QED) is 0.206. The van der Waals surface area contributed by atoms with Crippen LogP contribution in [0.1, 0.15) is 29.8 Å². The lowest BCUT2D eigenvalue weighted by Crippen LogP contribution is -2.41. The van der Waals surface area contributed by atoms with E-state index in [1.165, 1.54) is 0 Å². The number of ether oxygens (including phenoxy) is 2. The van der Waals surface area contributed by atoms with Gasteiger partial charge in [0.1, 0.15) is 30.0 Å². The van der Waals surface area contributed by atoms with Gasteiger partial charge in [-0.15, -0.1) is 0 Å². The predicted molar refractivity (Wildman–Crippen MR) is 151 cm³/mol. The SMILES string of the molecule is CC(C)NC(=O)c1ccc2c(Oc3ccc(C[C@@H](CO)NC[C@H](O)COc4ccccc4)cc3)ccnc2c1. The fourth-order valence-corrected chi connectivity index (χ4v) is 4.07. The van der Waals surface area contributed by atoms with E-state index >= 15 is 0 Å². The second-order valence-electron chi connectivity index (χ2n) is 9.68. The number of pyridine rings is 1. The highest BCUT2D eigenvalue weighted by atomic mass is 16.5. The van der Waals surface area contributed by atoms with Crippen LogP contribution in [-0.4, -0.2) is 59.1 Å². The van der Waals surface area contributed by atoms with E-state index in [1.807, 2.05) is 74.5 Å². The number of nitrogens with one attached hydrogen (secondary N) is 2. The minimum atomic E-state index is -0.703. The van der Waals surface area contributed by atoms with E-state index in [9.17, 15) is 15.0 Å². The van der Waals surface area contributed by atoms with Crippen molar-refractivity contribution in [2.24, 2.45) is 0 Å². The van der Waals surface area contributed by atoms with Crippen molar-refractivity contribution in [3.05, 3.63) is 96.2 Å². The molecule has 0 saturated heterocycles. The van der Waals surface area contributed by atoms with Gasteiger partial charge >= 0.3 is 0 Å². The van der Waals surface area contributed by atoms with Gasteiger partial charge in [0, 0.05) is 35.8 Å². The Labute approximate surface area is 228 Å². The van der Waals surface area contributed by atoms with Crippen molar-refractivity contribution in [1.82, 2.24) is 15.6 Å². The molecule has 0 unspecified atom stereocenters. The van der Waals surface area contributed by atoms with Gasteiger partial charge in [-0.3, -0.25) is 9.78 Å². The number of benzene rings is 3. The summed E-state index contributed by atoms with van der Waals surface area (Å²) in [5, 5.41) is 27.0. The second kappa shape index (κ2) is 13.7. The predicted octanol–water partition coefficient (Wildman–Crippen LogP) is 4.10. The number of amides is 1. The summed E-state index contributed by atoms with van der Waals surface area (Å²) in [7, 11) is 0. The van der Waals surface area contributed by atoms with Crippen LogP contribution in [0.3, 0.4) is 0 Å². The van der Waals surface area contributed by atoms with Crippen LogP contribution >= 0.6 is 0 Å². The minimum absolute atomic E-state index is 0.0494. The van der Waals surface area contributed by atoms with Gasteiger partial charge < -0.3 is 30.3 Å². The summed E-state index contributed by atoms with van der Waals surface area (Å²) in [6.07, 6.45) is 1.54. The first-order valence-corrected chi connectivity index (χ1v) is 13.1. The number of aromatic nitrogens is 1. The lowest BCUT2D eigenvalue weighted by atomic mass is 10.1. The van der Waals surface area contributed by atoms with Gasteiger partial charge in [-0.05, 0) is 74.4 Å². The number of hydrogen-bond acceptors (Lipinski definition) is 7. The van der Waals surface area contributed by atoms with Crippen LogP contribution in [0, 0.1) is 0 Å². The van der Waals surface area contributed by atoms with E-state index in [4.69, 9.17) is 9.47 Å². The summed E-state index contributed by atoms with van der Waals surface area (Å²) >= 11 is 0. The first kappa shape index (κ1) is 28.0. The zero-order chi connectivity index (χ0) is 27.6. The normalized spacial score (nSPS) is 12.7. The van der Waals surface area contributed by atoms with Crippen molar-refractivity contribution < 1.29 is 24.5 Å². The van der Waals surface area contributed by atoms with Crippen molar-refractivity contribution in [3.63, 3.8) is 0 Å². The highest BCUT2D eigenvalue weighted by Crippen LogP contribution is 2.29. The molecule has 4 N–H and O–H groups in total. The summed E-state index contributed by atoms with van der Waals surface area (Å²) in [6.45, 7) is 4.24. The Balaban J connectivity index is 1.32. The fraction of sp³-hybridized carbons (Fsp3) is 0.290. The zero-order valence-corrected chi connectivity index (χ0v) is 22.2. The molecule has 2 atom stereocenters. The van der Waals surface area contributed by atoms with Gasteiger partial charge in [0.05, 0.1) is 12.1 Å². The Morgan fingerprint density at radius 1 is 0.974 bits per heavy atom. The number of carbonyl (C=O) groups excluding carboxylic acids is 1. The van der Waals surface area contributed by atoms with Crippen LogP contribution in [0.25, 0.3) is 10.9 Å². The Hall–Kier alpha value is -3.98. The summed E-state index contributed by atoms with van der Waals surface area (Å²) in [6, 6.07) is 24.0. The van der Waals surface area contributed by atoms with Crippen LogP contribution in [-0.2, 0) is 6.42 Å². The topological polar surface area (TPSA) is 113 Å². The van der Waals surface area contributed by atoms with Crippen molar-refractivity contribution in [3.8, 4) is 17.2 Å². The fourth-order valence-electron chi connectivity index (χ4n) is 4.07. The van der Waals surface area contributed by atoms with Gasteiger partial charge in [-0.1, -0.05) is 30.3 Å². The van der Waals surface area contributed by atoms with Gasteiger partial charge in [0.25, 0.3) is 5.91 Å². The molecular formula is C31H35N3O5. The lowest BCUT2D eigenvalue weighted by molar-refractivity contribution is 0.0943. The Morgan fingerprint density at radius 2 is 1.74 bits per heavy atom. The van der Waals surface area contributed by atoms with E-state index in [1.54, 1.807) is 24.4 Å². The molecule has 3 aromatic carbocycles. The summed E-state index contributed by atoms with van der Waals surface area (Å²) in [5.41, 5.74) is 2.24. The maximum absolute atomic E-state index is 12.4. The maximum Gasteiger partial charge on any atom is 0.251 e. The first-order chi connectivity index (χ1) is 18.9. The molecule has 0 bridgehead atoms. The van der Waals surface area contributed by atoms with Crippen molar-refractivity contribution in [2.45, 2.75) is 38.5 Å². The molecule has 0 aliphatic heterocycles. The number of carbonyl (C=O) groups is 1. The monoisotopic (exact) mass is 529 g/mol. The summed E-state index contributed by atoms with van der Waals surface area (Å²) in [5.74, 6) is 1.87. The van der Waals surface area contributed by atoms with Gasteiger partial charge in [0.15, 0.2) is 0 Å². The van der Waals surface area contributed by atoms with Crippen LogP contribution < -0.4 is 20.1 Å². The smallest absolute Gasteiger partial charge is 0.251 e. The molecule has 8 nitrogen and oxygen atoms in total. The van der Waals surface area contributed by atoms with Gasteiger partial charge in [0.2, 0.25) is 0 Å². The van der Waals surface area contributed by atoms with Crippen molar-refractivity contribution in [2.75, 3.05) is 19.8 Å². The maximum atomic E-state index is 12.4. The van der Waals surface area contributed by atoms with E-state index in [0.717, 1.165) is 10.9 Å². The number of rotatable bonds is 13. The minimum Gasteiger partial charge on any atom is -0.491 e. The third-order valence-corrected chi connectivity index (χ3v) is 6.07. The number of nitrogens with zero attached hydrogens (tertiary/aromatic N) is 1. The zero-order valence-electron chi connectivity index (χ0n) is 22.2. The van der Waals surface area contributed by atoms with E-state index in [2.05, 4.69) is 15.6 Å². The second-order valence-corrected chi connectivity index (χ2v) is 9.68. The molecular weight excluding hydrogens is 494 g/mol. The summed E-state index contributed by atoms with van der Waals surface area (Å²) < 4.78 is 11.7. The molecule has 1 aromatic heterocycles. The molecule has 0 saturated carbocycles.